The highest BCUT2D eigenvalue weighted by molar-refractivity contribution is 6.71. The molecule has 1 atom stereocenters. The zero-order chi connectivity index (χ0) is 11.1. The van der Waals surface area contributed by atoms with E-state index in [4.69, 9.17) is 6.42 Å². The van der Waals surface area contributed by atoms with E-state index in [9.17, 15) is 0 Å². The standard InChI is InChI=1S/C14H19Si/c1-4-13(2)9-8-12-15(3)14-10-6-5-7-11-14/h1,5-7,10-11,13H,8-9,12H2,2-3H3. The lowest BCUT2D eigenvalue weighted by atomic mass is 10.1. The fraction of sp³-hybridized carbons (Fsp3) is 0.429. The predicted octanol–water partition coefficient (Wildman–Crippen LogP) is 3.07. The van der Waals surface area contributed by atoms with Crippen LogP contribution in [-0.2, 0) is 0 Å². The van der Waals surface area contributed by atoms with Crippen LogP contribution in [0.2, 0.25) is 12.6 Å². The highest BCUT2D eigenvalue weighted by Crippen LogP contribution is 2.09. The Balaban J connectivity index is 2.32. The van der Waals surface area contributed by atoms with Crippen LogP contribution in [0.3, 0.4) is 0 Å². The van der Waals surface area contributed by atoms with Crippen LogP contribution in [0, 0.1) is 18.3 Å². The van der Waals surface area contributed by atoms with Crippen molar-refractivity contribution in [2.24, 2.45) is 5.92 Å². The highest BCUT2D eigenvalue weighted by Gasteiger charge is 2.07. The second-order valence-corrected chi connectivity index (χ2v) is 6.74. The molecule has 0 bridgehead atoms. The quantitative estimate of drug-likeness (QED) is 0.523. The first kappa shape index (κ1) is 12.1. The van der Waals surface area contributed by atoms with Crippen LogP contribution >= 0.6 is 0 Å². The summed E-state index contributed by atoms with van der Waals surface area (Å²) >= 11 is 0. The highest BCUT2D eigenvalue weighted by atomic mass is 28.3. The van der Waals surface area contributed by atoms with Crippen molar-refractivity contribution >= 4 is 14.0 Å². The van der Waals surface area contributed by atoms with Gasteiger partial charge in [0.25, 0.3) is 0 Å². The molecule has 1 aromatic carbocycles. The average Bonchev–Trinajstić information content (AvgIpc) is 2.29. The van der Waals surface area contributed by atoms with Crippen LogP contribution in [0.15, 0.2) is 30.3 Å². The molecule has 0 saturated heterocycles. The summed E-state index contributed by atoms with van der Waals surface area (Å²) in [6.45, 7) is 4.52. The van der Waals surface area contributed by atoms with Gasteiger partial charge in [-0.15, -0.1) is 12.3 Å². The summed E-state index contributed by atoms with van der Waals surface area (Å²) in [7, 11) is -0.339. The number of terminal acetylenes is 1. The van der Waals surface area contributed by atoms with E-state index in [2.05, 4.69) is 49.7 Å². The van der Waals surface area contributed by atoms with E-state index in [0.29, 0.717) is 5.92 Å². The van der Waals surface area contributed by atoms with Gasteiger partial charge >= 0.3 is 0 Å². The maximum atomic E-state index is 5.36. The minimum Gasteiger partial charge on any atom is -0.120 e. The van der Waals surface area contributed by atoms with Crippen molar-refractivity contribution in [2.75, 3.05) is 0 Å². The monoisotopic (exact) mass is 215 g/mol. The van der Waals surface area contributed by atoms with E-state index in [1.807, 2.05) is 0 Å². The summed E-state index contributed by atoms with van der Waals surface area (Å²) in [4.78, 5) is 0. The van der Waals surface area contributed by atoms with Gasteiger partial charge in [0.1, 0.15) is 0 Å². The first-order valence-electron chi connectivity index (χ1n) is 5.58. The molecule has 0 amide bonds. The van der Waals surface area contributed by atoms with Crippen LogP contribution < -0.4 is 5.19 Å². The number of rotatable bonds is 5. The minimum atomic E-state index is -0.339. The zero-order valence-electron chi connectivity index (χ0n) is 9.66. The summed E-state index contributed by atoms with van der Waals surface area (Å²) < 4.78 is 0. The Morgan fingerprint density at radius 1 is 1.33 bits per heavy atom. The SMILES string of the molecule is C#CC(C)CCC[Si](C)c1ccccc1. The predicted molar refractivity (Wildman–Crippen MR) is 69.7 cm³/mol. The van der Waals surface area contributed by atoms with Gasteiger partial charge in [0.05, 0.1) is 8.80 Å². The Morgan fingerprint density at radius 2 is 2.00 bits per heavy atom. The molecule has 0 spiro atoms. The third-order valence-corrected chi connectivity index (χ3v) is 5.16. The lowest BCUT2D eigenvalue weighted by Crippen LogP contribution is -2.25. The first-order chi connectivity index (χ1) is 7.24. The smallest absolute Gasteiger partial charge is 0.0824 e. The zero-order valence-corrected chi connectivity index (χ0v) is 10.7. The Hall–Kier alpha value is -1.00. The number of hydrogen-bond donors (Lipinski definition) is 0. The third-order valence-electron chi connectivity index (χ3n) is 2.74. The van der Waals surface area contributed by atoms with Gasteiger partial charge in [-0.3, -0.25) is 0 Å². The lowest BCUT2D eigenvalue weighted by Gasteiger charge is -2.10. The first-order valence-corrected chi connectivity index (χ1v) is 7.78. The third kappa shape index (κ3) is 4.36. The van der Waals surface area contributed by atoms with Crippen molar-refractivity contribution in [1.82, 2.24) is 0 Å². The molecular formula is C14H19Si. The summed E-state index contributed by atoms with van der Waals surface area (Å²) in [6.07, 6.45) is 7.80. The topological polar surface area (TPSA) is 0 Å². The van der Waals surface area contributed by atoms with E-state index in [0.717, 1.165) is 0 Å². The van der Waals surface area contributed by atoms with Crippen molar-refractivity contribution in [3.63, 3.8) is 0 Å². The molecule has 1 unspecified atom stereocenters. The molecule has 0 nitrogen and oxygen atoms in total. The lowest BCUT2D eigenvalue weighted by molar-refractivity contribution is 0.652. The molecule has 15 heavy (non-hydrogen) atoms. The Kier molecular flexibility index (Phi) is 5.21. The van der Waals surface area contributed by atoms with Crippen molar-refractivity contribution in [3.05, 3.63) is 30.3 Å². The Labute approximate surface area is 95.3 Å². The summed E-state index contributed by atoms with van der Waals surface area (Å²) in [6, 6.07) is 12.2. The molecule has 0 N–H and O–H groups in total. The van der Waals surface area contributed by atoms with Crippen LogP contribution in [0.4, 0.5) is 0 Å². The number of benzene rings is 1. The molecule has 0 aliphatic rings. The van der Waals surface area contributed by atoms with Crippen molar-refractivity contribution in [2.45, 2.75) is 32.4 Å². The van der Waals surface area contributed by atoms with Gasteiger partial charge in [-0.2, -0.15) is 0 Å². The molecule has 1 rings (SSSR count). The molecule has 0 fully saturated rings. The number of hydrogen-bond acceptors (Lipinski definition) is 0. The van der Waals surface area contributed by atoms with Crippen molar-refractivity contribution in [3.8, 4) is 12.3 Å². The van der Waals surface area contributed by atoms with E-state index < -0.39 is 0 Å². The normalized spacial score (nSPS) is 12.4. The molecule has 1 radical (unpaired) electrons. The average molecular weight is 215 g/mol. The van der Waals surface area contributed by atoms with Gasteiger partial charge in [0.15, 0.2) is 0 Å². The minimum absolute atomic E-state index is 0.339. The molecular weight excluding hydrogens is 196 g/mol. The van der Waals surface area contributed by atoms with Crippen LogP contribution in [-0.4, -0.2) is 8.80 Å². The van der Waals surface area contributed by atoms with Gasteiger partial charge in [-0.05, 0) is 6.42 Å². The molecule has 0 aliphatic heterocycles. The van der Waals surface area contributed by atoms with Crippen molar-refractivity contribution < 1.29 is 0 Å². The fourth-order valence-electron chi connectivity index (χ4n) is 1.62. The molecule has 0 saturated carbocycles. The van der Waals surface area contributed by atoms with Crippen molar-refractivity contribution in [1.29, 1.82) is 0 Å². The summed E-state index contributed by atoms with van der Waals surface area (Å²) in [5.41, 5.74) is 0. The van der Waals surface area contributed by atoms with Gasteiger partial charge in [-0.1, -0.05) is 61.5 Å². The maximum Gasteiger partial charge on any atom is 0.0824 e. The Morgan fingerprint density at radius 3 is 2.60 bits per heavy atom. The fourth-order valence-corrected chi connectivity index (χ4v) is 3.41. The van der Waals surface area contributed by atoms with Crippen LogP contribution in [0.1, 0.15) is 19.8 Å². The molecule has 0 heterocycles. The van der Waals surface area contributed by atoms with Gasteiger partial charge in [0, 0.05) is 5.92 Å². The van der Waals surface area contributed by atoms with Crippen LogP contribution in [0.25, 0.3) is 0 Å². The molecule has 1 aromatic rings. The largest absolute Gasteiger partial charge is 0.120 e. The summed E-state index contributed by atoms with van der Waals surface area (Å²) in [5.74, 6) is 3.23. The molecule has 0 aromatic heterocycles. The maximum absolute atomic E-state index is 5.36. The van der Waals surface area contributed by atoms with E-state index in [1.165, 1.54) is 24.1 Å². The van der Waals surface area contributed by atoms with Gasteiger partial charge < -0.3 is 0 Å². The second-order valence-electron chi connectivity index (χ2n) is 4.11. The summed E-state index contributed by atoms with van der Waals surface area (Å²) in [5, 5.41) is 1.54. The van der Waals surface area contributed by atoms with Crippen LogP contribution in [0.5, 0.6) is 0 Å². The van der Waals surface area contributed by atoms with Gasteiger partial charge in [-0.25, -0.2) is 0 Å². The molecule has 79 valence electrons. The Bertz CT molecular complexity index is 310. The second kappa shape index (κ2) is 6.47. The molecule has 0 aliphatic carbocycles. The van der Waals surface area contributed by atoms with E-state index in [1.54, 1.807) is 0 Å². The molecule has 1 heteroatoms. The van der Waals surface area contributed by atoms with E-state index >= 15 is 0 Å². The van der Waals surface area contributed by atoms with E-state index in [-0.39, 0.29) is 8.80 Å². The van der Waals surface area contributed by atoms with Gasteiger partial charge in [0.2, 0.25) is 0 Å².